The summed E-state index contributed by atoms with van der Waals surface area (Å²) in [6.07, 6.45) is -1.43. The molecular weight excluding hydrogens is 746 g/mol. The van der Waals surface area contributed by atoms with E-state index in [9.17, 15) is 78.3 Å². The molecular formula is C27H38N5O22-5. The van der Waals surface area contributed by atoms with Crippen molar-refractivity contribution < 1.29 is 109 Å². The molecule has 0 aliphatic rings. The maximum absolute atomic E-state index is 10.7. The van der Waals surface area contributed by atoms with Gasteiger partial charge in [0.2, 0.25) is 0 Å². The Morgan fingerprint density at radius 3 is 1.13 bits per heavy atom. The monoisotopic (exact) mass is 784 g/mol. The van der Waals surface area contributed by atoms with Gasteiger partial charge in [-0.2, -0.15) is 0 Å². The Hall–Kier alpha value is -6.03. The average Bonchev–Trinajstić information content (AvgIpc) is 2.98. The Morgan fingerprint density at radius 1 is 0.481 bits per heavy atom. The van der Waals surface area contributed by atoms with Gasteiger partial charge in [-0.05, 0) is 6.92 Å². The molecule has 0 aliphatic heterocycles. The van der Waals surface area contributed by atoms with Crippen LogP contribution in [0.3, 0.4) is 0 Å². The van der Waals surface area contributed by atoms with Crippen LogP contribution in [0.1, 0.15) is 19.8 Å². The maximum atomic E-state index is 10.7. The number of rotatable bonds is 28. The van der Waals surface area contributed by atoms with E-state index in [4.69, 9.17) is 30.6 Å². The molecule has 308 valence electrons. The van der Waals surface area contributed by atoms with Crippen LogP contribution in [0, 0.1) is 0 Å². The van der Waals surface area contributed by atoms with Crippen LogP contribution in [0.4, 0.5) is 0 Å². The van der Waals surface area contributed by atoms with Crippen LogP contribution in [-0.4, -0.2) is 195 Å². The van der Waals surface area contributed by atoms with Crippen molar-refractivity contribution in [3.8, 4) is 0 Å². The highest BCUT2D eigenvalue weighted by Crippen LogP contribution is 1.98. The van der Waals surface area contributed by atoms with E-state index >= 15 is 0 Å². The summed E-state index contributed by atoms with van der Waals surface area (Å²) >= 11 is 0. The fourth-order valence-electron chi connectivity index (χ4n) is 3.60. The Kier molecular flexibility index (Phi) is 27.7. The molecule has 27 nitrogen and oxygen atoms in total. The standard InChI is InChI=1S/2C10H16N2O8.C7H11NO6/c13-7(14)3-11(4-8(15)16)1-2-12(5-9(17)18)6-10(19)20;13-7(14)3-5(9(17)18)11-1-2-12-6(10(19)20)4-8(15)16;1-4(7(13)14)8(2-5(9)10)3-6(11)12/h1-6H2,(H,13,14)(H,15,16)(H,17,18)(H,19,20);5-6,11-12H,1-4H2,(H,13,14)(H,15,16)(H,17,18)(H,19,20);4H,2-3H2,1H3,(H,9,10)(H,11,12)(H,13,14)/p-5. The summed E-state index contributed by atoms with van der Waals surface area (Å²) in [6.45, 7) is -3.04. The zero-order valence-corrected chi connectivity index (χ0v) is 28.3. The molecule has 0 heterocycles. The Bertz CT molecular complexity index is 1210. The third kappa shape index (κ3) is 31.9. The number of carboxylic acids is 11. The Labute approximate surface area is 303 Å². The van der Waals surface area contributed by atoms with Crippen molar-refractivity contribution in [2.75, 3.05) is 65.4 Å². The highest BCUT2D eigenvalue weighted by molar-refractivity contribution is 5.81. The van der Waals surface area contributed by atoms with Gasteiger partial charge < -0.3 is 90.8 Å². The summed E-state index contributed by atoms with van der Waals surface area (Å²) in [6, 6.07) is -4.04. The third-order valence-electron chi connectivity index (χ3n) is 5.96. The van der Waals surface area contributed by atoms with Crippen molar-refractivity contribution in [1.82, 2.24) is 25.3 Å². The predicted molar refractivity (Wildman–Crippen MR) is 158 cm³/mol. The average molecular weight is 785 g/mol. The second-order valence-electron chi connectivity index (χ2n) is 10.5. The summed E-state index contributed by atoms with van der Waals surface area (Å²) < 4.78 is 0. The fraction of sp³-hybridized carbons (Fsp3) is 0.593. The number of carboxylic acid groups (broad SMARTS) is 11. The zero-order valence-electron chi connectivity index (χ0n) is 28.3. The van der Waals surface area contributed by atoms with Crippen LogP contribution in [0.5, 0.6) is 0 Å². The van der Waals surface area contributed by atoms with Gasteiger partial charge >= 0.3 is 35.8 Å². The predicted octanol–water partition coefficient (Wildman–Crippen LogP) is -11.8. The lowest BCUT2D eigenvalue weighted by atomic mass is 10.2. The first-order valence-electron chi connectivity index (χ1n) is 14.8. The van der Waals surface area contributed by atoms with Gasteiger partial charge in [0.1, 0.15) is 6.04 Å². The van der Waals surface area contributed by atoms with Gasteiger partial charge in [0, 0.05) is 57.7 Å². The van der Waals surface area contributed by atoms with Crippen molar-refractivity contribution in [2.24, 2.45) is 0 Å². The SMILES string of the molecule is CC(C(=O)[O-])N(CC(=O)O)CC(=O)O.O=C([O-])CC(NCCNC(CC(=O)O)C(=O)O)C(=O)[O-].O=C([O-])CN(CCN(CC(=O)O)CC(=O)O)CC(=O)[O-]. The molecule has 0 spiro atoms. The quantitative estimate of drug-likeness (QED) is 0.0341. The van der Waals surface area contributed by atoms with Crippen molar-refractivity contribution in [3.63, 3.8) is 0 Å². The lowest BCUT2D eigenvalue weighted by molar-refractivity contribution is -0.317. The van der Waals surface area contributed by atoms with Gasteiger partial charge in [-0.3, -0.25) is 43.5 Å². The number of carbonyl (C=O) groups is 11. The minimum atomic E-state index is -1.63. The van der Waals surface area contributed by atoms with Crippen molar-refractivity contribution in [3.05, 3.63) is 0 Å². The van der Waals surface area contributed by atoms with E-state index in [1.54, 1.807) is 0 Å². The number of carbonyl (C=O) groups excluding carboxylic acids is 5. The maximum Gasteiger partial charge on any atom is 0.321 e. The molecule has 0 radical (unpaired) electrons. The van der Waals surface area contributed by atoms with E-state index in [2.05, 4.69) is 10.6 Å². The van der Waals surface area contributed by atoms with Crippen LogP contribution in [0.25, 0.3) is 0 Å². The third-order valence-corrected chi connectivity index (χ3v) is 5.96. The Morgan fingerprint density at radius 2 is 0.852 bits per heavy atom. The molecule has 0 fully saturated rings. The molecule has 0 aromatic rings. The number of nitrogens with zero attached hydrogens (tertiary/aromatic N) is 3. The minimum Gasteiger partial charge on any atom is -0.550 e. The zero-order chi connectivity index (χ0) is 42.7. The number of hydrogen-bond acceptors (Lipinski definition) is 21. The van der Waals surface area contributed by atoms with Crippen LogP contribution >= 0.6 is 0 Å². The van der Waals surface area contributed by atoms with E-state index in [0.717, 1.165) is 14.7 Å². The van der Waals surface area contributed by atoms with Crippen LogP contribution in [0.2, 0.25) is 0 Å². The molecule has 0 aromatic heterocycles. The van der Waals surface area contributed by atoms with Gasteiger partial charge in [0.05, 0.1) is 62.5 Å². The van der Waals surface area contributed by atoms with Gasteiger partial charge in [0.15, 0.2) is 0 Å². The summed E-state index contributed by atoms with van der Waals surface area (Å²) in [4.78, 5) is 117. The highest BCUT2D eigenvalue weighted by atomic mass is 16.4. The molecule has 0 bridgehead atoms. The molecule has 54 heavy (non-hydrogen) atoms. The topological polar surface area (TPSA) is 458 Å². The van der Waals surface area contributed by atoms with Crippen LogP contribution in [0.15, 0.2) is 0 Å². The minimum absolute atomic E-state index is 0.0684. The molecule has 8 N–H and O–H groups in total. The summed E-state index contributed by atoms with van der Waals surface area (Å²) in [5.41, 5.74) is 0. The fourth-order valence-corrected chi connectivity index (χ4v) is 3.60. The van der Waals surface area contributed by atoms with E-state index in [1.807, 2.05) is 0 Å². The molecule has 3 unspecified atom stereocenters. The lowest BCUT2D eigenvalue weighted by Crippen LogP contribution is -2.50. The largest absolute Gasteiger partial charge is 0.550 e. The molecule has 0 saturated heterocycles. The molecule has 0 amide bonds. The molecule has 3 atom stereocenters. The van der Waals surface area contributed by atoms with E-state index in [1.165, 1.54) is 6.92 Å². The summed E-state index contributed by atoms with van der Waals surface area (Å²) in [5.74, 6) is -15.5. The molecule has 0 rings (SSSR count). The van der Waals surface area contributed by atoms with E-state index < -0.39 is 136 Å². The van der Waals surface area contributed by atoms with Gasteiger partial charge in [-0.15, -0.1) is 0 Å². The van der Waals surface area contributed by atoms with Crippen LogP contribution < -0.4 is 36.2 Å². The molecule has 27 heteroatoms. The molecule has 0 aliphatic carbocycles. The van der Waals surface area contributed by atoms with Crippen molar-refractivity contribution >= 4 is 65.7 Å². The number of aliphatic carboxylic acids is 11. The van der Waals surface area contributed by atoms with Gasteiger partial charge in [0.25, 0.3) is 0 Å². The first-order chi connectivity index (χ1) is 24.8. The smallest absolute Gasteiger partial charge is 0.321 e. The van der Waals surface area contributed by atoms with Gasteiger partial charge in [-0.25, -0.2) is 0 Å². The van der Waals surface area contributed by atoms with Crippen molar-refractivity contribution in [1.29, 1.82) is 0 Å². The Balaban J connectivity index is -0.000000736. The first kappa shape index (κ1) is 52.3. The van der Waals surface area contributed by atoms with E-state index in [0.29, 0.717) is 0 Å². The molecule has 0 aromatic carbocycles. The normalized spacial score (nSPS) is 12.1. The number of hydrogen-bond donors (Lipinski definition) is 8. The van der Waals surface area contributed by atoms with Gasteiger partial charge in [-0.1, -0.05) is 0 Å². The second-order valence-corrected chi connectivity index (χ2v) is 10.5. The van der Waals surface area contributed by atoms with Crippen molar-refractivity contribution in [2.45, 2.75) is 37.9 Å². The summed E-state index contributed by atoms with van der Waals surface area (Å²) in [7, 11) is 0. The van der Waals surface area contributed by atoms with E-state index in [-0.39, 0.29) is 26.2 Å². The summed E-state index contributed by atoms with van der Waals surface area (Å²) in [5, 5.41) is 108. The number of nitrogens with one attached hydrogen (secondary N) is 2. The van der Waals surface area contributed by atoms with Crippen LogP contribution in [-0.2, 0) is 52.7 Å². The highest BCUT2D eigenvalue weighted by Gasteiger charge is 2.21. The molecule has 0 saturated carbocycles. The first-order valence-corrected chi connectivity index (χ1v) is 14.8. The lowest BCUT2D eigenvalue weighted by Gasteiger charge is -2.26. The second kappa shape index (κ2) is 28.5.